The lowest BCUT2D eigenvalue weighted by molar-refractivity contribution is -0.0353. The average molecular weight is 279 g/mol. The van der Waals surface area contributed by atoms with E-state index in [9.17, 15) is 0 Å². The van der Waals surface area contributed by atoms with E-state index in [1.165, 1.54) is 12.8 Å². The van der Waals surface area contributed by atoms with Gasteiger partial charge in [-0.1, -0.05) is 19.8 Å². The highest BCUT2D eigenvalue weighted by Gasteiger charge is 2.41. The maximum Gasteiger partial charge on any atom is 0.0834 e. The topological polar surface area (TPSA) is 39.1 Å². The molecule has 1 aliphatic carbocycles. The summed E-state index contributed by atoms with van der Waals surface area (Å²) in [4.78, 5) is 0. The summed E-state index contributed by atoms with van der Waals surface area (Å²) in [6.45, 7) is 7.46. The standard InChI is InChI=1S/C16H29N3O/c1-5-17-15(16(20-4)9-6-7-10-16)12-14-8-11-19(18-14)13(2)3/h8,11,13,15,17H,5-7,9-10,12H2,1-4H3. The van der Waals surface area contributed by atoms with E-state index in [1.54, 1.807) is 0 Å². The smallest absolute Gasteiger partial charge is 0.0834 e. The van der Waals surface area contributed by atoms with Gasteiger partial charge in [0.2, 0.25) is 0 Å². The van der Waals surface area contributed by atoms with E-state index in [0.717, 1.165) is 31.5 Å². The highest BCUT2D eigenvalue weighted by atomic mass is 16.5. The molecule has 1 atom stereocenters. The van der Waals surface area contributed by atoms with Gasteiger partial charge < -0.3 is 10.1 Å². The number of hydrogen-bond acceptors (Lipinski definition) is 3. The van der Waals surface area contributed by atoms with Crippen molar-refractivity contribution >= 4 is 0 Å². The van der Waals surface area contributed by atoms with Crippen LogP contribution in [0.1, 0.15) is 58.2 Å². The van der Waals surface area contributed by atoms with Crippen molar-refractivity contribution < 1.29 is 4.74 Å². The summed E-state index contributed by atoms with van der Waals surface area (Å²) in [5, 5.41) is 8.32. The van der Waals surface area contributed by atoms with E-state index in [-0.39, 0.29) is 5.60 Å². The molecule has 0 radical (unpaired) electrons. The Labute approximate surface area is 122 Å². The van der Waals surface area contributed by atoms with E-state index in [2.05, 4.69) is 43.4 Å². The molecular formula is C16H29N3O. The van der Waals surface area contributed by atoms with Crippen molar-refractivity contribution in [2.45, 2.75) is 70.6 Å². The minimum atomic E-state index is -0.00236. The van der Waals surface area contributed by atoms with Gasteiger partial charge in [0.05, 0.1) is 11.3 Å². The molecule has 1 aliphatic rings. The second-order valence-corrected chi connectivity index (χ2v) is 6.17. The lowest BCUT2D eigenvalue weighted by Gasteiger charge is -2.36. The fourth-order valence-electron chi connectivity index (χ4n) is 3.34. The Morgan fingerprint density at radius 1 is 1.40 bits per heavy atom. The highest BCUT2D eigenvalue weighted by Crippen LogP contribution is 2.36. The minimum Gasteiger partial charge on any atom is -0.377 e. The van der Waals surface area contributed by atoms with Crippen LogP contribution in [0.15, 0.2) is 12.3 Å². The van der Waals surface area contributed by atoms with Crippen LogP contribution in [0.5, 0.6) is 0 Å². The van der Waals surface area contributed by atoms with Gasteiger partial charge in [-0.2, -0.15) is 5.10 Å². The molecular weight excluding hydrogens is 250 g/mol. The number of methoxy groups -OCH3 is 1. The van der Waals surface area contributed by atoms with Crippen LogP contribution in [0.3, 0.4) is 0 Å². The predicted molar refractivity (Wildman–Crippen MR) is 82.0 cm³/mol. The molecule has 1 saturated carbocycles. The Balaban J connectivity index is 2.11. The molecule has 0 aliphatic heterocycles. The maximum absolute atomic E-state index is 5.94. The third kappa shape index (κ3) is 3.23. The Kier molecular flexibility index (Phi) is 5.22. The molecule has 0 bridgehead atoms. The summed E-state index contributed by atoms with van der Waals surface area (Å²) in [5.41, 5.74) is 1.16. The Morgan fingerprint density at radius 3 is 2.60 bits per heavy atom. The van der Waals surface area contributed by atoms with Gasteiger partial charge in [0.25, 0.3) is 0 Å². The number of hydrogen-bond donors (Lipinski definition) is 1. The first kappa shape index (κ1) is 15.5. The summed E-state index contributed by atoms with van der Waals surface area (Å²) < 4.78 is 7.98. The first-order valence-corrected chi connectivity index (χ1v) is 7.94. The molecule has 1 N–H and O–H groups in total. The van der Waals surface area contributed by atoms with Crippen LogP contribution in [-0.4, -0.2) is 35.1 Å². The van der Waals surface area contributed by atoms with E-state index >= 15 is 0 Å². The normalized spacial score (nSPS) is 19.6. The van der Waals surface area contributed by atoms with Crippen LogP contribution in [-0.2, 0) is 11.2 Å². The third-order valence-electron chi connectivity index (χ3n) is 4.55. The number of nitrogens with zero attached hydrogens (tertiary/aromatic N) is 2. The second-order valence-electron chi connectivity index (χ2n) is 6.17. The monoisotopic (exact) mass is 279 g/mol. The predicted octanol–water partition coefficient (Wildman–Crippen LogP) is 2.94. The Morgan fingerprint density at radius 2 is 2.10 bits per heavy atom. The van der Waals surface area contributed by atoms with Crippen molar-refractivity contribution in [3.63, 3.8) is 0 Å². The second kappa shape index (κ2) is 6.72. The van der Waals surface area contributed by atoms with Gasteiger partial charge >= 0.3 is 0 Å². The lowest BCUT2D eigenvalue weighted by atomic mass is 9.88. The van der Waals surface area contributed by atoms with Gasteiger partial charge in [-0.3, -0.25) is 4.68 Å². The molecule has 1 aromatic rings. The molecule has 114 valence electrons. The van der Waals surface area contributed by atoms with Crippen LogP contribution in [0.4, 0.5) is 0 Å². The molecule has 20 heavy (non-hydrogen) atoms. The van der Waals surface area contributed by atoms with E-state index in [4.69, 9.17) is 4.74 Å². The third-order valence-corrected chi connectivity index (χ3v) is 4.55. The zero-order valence-electron chi connectivity index (χ0n) is 13.4. The van der Waals surface area contributed by atoms with E-state index < -0.39 is 0 Å². The molecule has 1 aromatic heterocycles. The molecule has 1 unspecified atom stereocenters. The fraction of sp³-hybridized carbons (Fsp3) is 0.812. The van der Waals surface area contributed by atoms with Crippen molar-refractivity contribution in [2.75, 3.05) is 13.7 Å². The largest absolute Gasteiger partial charge is 0.377 e. The first-order valence-electron chi connectivity index (χ1n) is 7.94. The van der Waals surface area contributed by atoms with Crippen LogP contribution >= 0.6 is 0 Å². The van der Waals surface area contributed by atoms with Crippen molar-refractivity contribution in [1.82, 2.24) is 15.1 Å². The minimum absolute atomic E-state index is 0.00236. The summed E-state index contributed by atoms with van der Waals surface area (Å²) >= 11 is 0. The van der Waals surface area contributed by atoms with Crippen LogP contribution < -0.4 is 5.32 Å². The van der Waals surface area contributed by atoms with E-state index in [0.29, 0.717) is 12.1 Å². The van der Waals surface area contributed by atoms with Gasteiger partial charge in [-0.05, 0) is 39.3 Å². The van der Waals surface area contributed by atoms with Gasteiger partial charge in [0.15, 0.2) is 0 Å². The van der Waals surface area contributed by atoms with Crippen molar-refractivity contribution in [3.8, 4) is 0 Å². The number of nitrogens with one attached hydrogen (secondary N) is 1. The molecule has 1 fully saturated rings. The highest BCUT2D eigenvalue weighted by molar-refractivity contribution is 5.07. The summed E-state index contributed by atoms with van der Waals surface area (Å²) in [6.07, 6.45) is 7.89. The summed E-state index contributed by atoms with van der Waals surface area (Å²) in [6, 6.07) is 2.92. The summed E-state index contributed by atoms with van der Waals surface area (Å²) in [7, 11) is 1.86. The Hall–Kier alpha value is -0.870. The zero-order chi connectivity index (χ0) is 14.6. The quantitative estimate of drug-likeness (QED) is 0.834. The molecule has 0 spiro atoms. The molecule has 1 heterocycles. The van der Waals surface area contributed by atoms with Crippen molar-refractivity contribution in [2.24, 2.45) is 0 Å². The van der Waals surface area contributed by atoms with Crippen molar-refractivity contribution in [3.05, 3.63) is 18.0 Å². The van der Waals surface area contributed by atoms with Gasteiger partial charge in [-0.25, -0.2) is 0 Å². The van der Waals surface area contributed by atoms with Crippen LogP contribution in [0.25, 0.3) is 0 Å². The molecule has 4 nitrogen and oxygen atoms in total. The molecule has 0 amide bonds. The van der Waals surface area contributed by atoms with Gasteiger partial charge in [-0.15, -0.1) is 0 Å². The average Bonchev–Trinajstić information content (AvgIpc) is 3.08. The van der Waals surface area contributed by atoms with Crippen molar-refractivity contribution in [1.29, 1.82) is 0 Å². The van der Waals surface area contributed by atoms with Gasteiger partial charge in [0, 0.05) is 31.8 Å². The zero-order valence-corrected chi connectivity index (χ0v) is 13.4. The SMILES string of the molecule is CCNC(Cc1ccn(C(C)C)n1)C1(OC)CCCC1. The fourth-order valence-corrected chi connectivity index (χ4v) is 3.34. The number of rotatable bonds is 7. The molecule has 0 aromatic carbocycles. The number of ether oxygens (including phenoxy) is 1. The molecule has 0 saturated heterocycles. The maximum atomic E-state index is 5.94. The lowest BCUT2D eigenvalue weighted by Crippen LogP contribution is -2.51. The number of aromatic nitrogens is 2. The van der Waals surface area contributed by atoms with E-state index in [1.807, 2.05) is 11.8 Å². The first-order chi connectivity index (χ1) is 9.61. The Bertz CT molecular complexity index is 408. The summed E-state index contributed by atoms with van der Waals surface area (Å²) in [5.74, 6) is 0. The molecule has 2 rings (SSSR count). The molecule has 4 heteroatoms. The van der Waals surface area contributed by atoms with Gasteiger partial charge in [0.1, 0.15) is 0 Å². The van der Waals surface area contributed by atoms with Crippen LogP contribution in [0, 0.1) is 0 Å². The number of likely N-dealkylation sites (N-methyl/N-ethyl adjacent to an activating group) is 1. The van der Waals surface area contributed by atoms with Crippen LogP contribution in [0.2, 0.25) is 0 Å².